The fraction of sp³-hybridized carbons (Fsp3) is 0.529. The zero-order chi connectivity index (χ0) is 16.0. The molecule has 1 aromatic rings. The number of ether oxygens (including phenoxy) is 2. The van der Waals surface area contributed by atoms with E-state index < -0.39 is 0 Å². The number of amides is 2. The Labute approximate surface area is 134 Å². The molecule has 6 nitrogen and oxygen atoms in total. The zero-order valence-electron chi connectivity index (χ0n) is 13.2. The van der Waals surface area contributed by atoms with E-state index in [1.165, 1.54) is 0 Å². The van der Waals surface area contributed by atoms with Gasteiger partial charge in [-0.2, -0.15) is 0 Å². The first-order valence-electron chi connectivity index (χ1n) is 8.05. The highest BCUT2D eigenvalue weighted by Crippen LogP contribution is 2.37. The summed E-state index contributed by atoms with van der Waals surface area (Å²) in [6.07, 6.45) is 2.93. The molecule has 3 aliphatic rings. The molecule has 6 heteroatoms. The van der Waals surface area contributed by atoms with Crippen molar-refractivity contribution in [3.63, 3.8) is 0 Å². The Hall–Kier alpha value is -2.08. The van der Waals surface area contributed by atoms with Crippen molar-refractivity contribution in [3.05, 3.63) is 23.8 Å². The number of likely N-dealkylation sites (N-methyl/N-ethyl adjacent to an activating group) is 1. The monoisotopic (exact) mass is 316 g/mol. The summed E-state index contributed by atoms with van der Waals surface area (Å²) in [7, 11) is 1.70. The second-order valence-corrected chi connectivity index (χ2v) is 6.50. The van der Waals surface area contributed by atoms with E-state index in [1.807, 2.05) is 4.90 Å². The number of hydrogen-bond acceptors (Lipinski definition) is 4. The number of rotatable bonds is 1. The van der Waals surface area contributed by atoms with Gasteiger partial charge in [-0.25, -0.2) is 0 Å². The van der Waals surface area contributed by atoms with Gasteiger partial charge in [0.15, 0.2) is 6.61 Å². The molecule has 2 fully saturated rings. The third-order valence-corrected chi connectivity index (χ3v) is 5.22. The Morgan fingerprint density at radius 3 is 2.61 bits per heavy atom. The minimum atomic E-state index is -0.107. The molecule has 23 heavy (non-hydrogen) atoms. The molecule has 4 rings (SSSR count). The van der Waals surface area contributed by atoms with Gasteiger partial charge < -0.3 is 19.3 Å². The Balaban J connectivity index is 1.52. The van der Waals surface area contributed by atoms with Gasteiger partial charge in [-0.3, -0.25) is 9.59 Å². The van der Waals surface area contributed by atoms with Crippen LogP contribution < -0.4 is 9.64 Å². The summed E-state index contributed by atoms with van der Waals surface area (Å²) in [6, 6.07) is 5.29. The van der Waals surface area contributed by atoms with Gasteiger partial charge in [0.25, 0.3) is 11.8 Å². The average Bonchev–Trinajstić information content (AvgIpc) is 2.56. The Morgan fingerprint density at radius 1 is 1.22 bits per heavy atom. The summed E-state index contributed by atoms with van der Waals surface area (Å²) >= 11 is 0. The topological polar surface area (TPSA) is 59.1 Å². The van der Waals surface area contributed by atoms with Crippen molar-refractivity contribution in [2.45, 2.75) is 24.9 Å². The van der Waals surface area contributed by atoms with E-state index in [4.69, 9.17) is 9.47 Å². The lowest BCUT2D eigenvalue weighted by Gasteiger charge is -2.47. The molecule has 0 radical (unpaired) electrons. The molecule has 3 aliphatic heterocycles. The second-order valence-electron chi connectivity index (χ2n) is 6.50. The summed E-state index contributed by atoms with van der Waals surface area (Å²) in [5.74, 6) is 0.543. The van der Waals surface area contributed by atoms with E-state index in [2.05, 4.69) is 0 Å². The lowest BCUT2D eigenvalue weighted by atomic mass is 9.84. The SMILES string of the molecule is CN1C(=O)COc2ccc(C(=O)N3CCC4(CCO4)CC3)cc21. The molecular weight excluding hydrogens is 296 g/mol. The number of hydrogen-bond donors (Lipinski definition) is 0. The van der Waals surface area contributed by atoms with Gasteiger partial charge in [-0.1, -0.05) is 0 Å². The van der Waals surface area contributed by atoms with E-state index in [-0.39, 0.29) is 24.0 Å². The summed E-state index contributed by atoms with van der Waals surface area (Å²) in [4.78, 5) is 27.9. The number of carbonyl (C=O) groups is 2. The quantitative estimate of drug-likeness (QED) is 0.786. The Bertz CT molecular complexity index is 659. The maximum Gasteiger partial charge on any atom is 0.264 e. The maximum atomic E-state index is 12.7. The highest BCUT2D eigenvalue weighted by atomic mass is 16.5. The molecule has 0 aliphatic carbocycles. The minimum Gasteiger partial charge on any atom is -0.482 e. The van der Waals surface area contributed by atoms with Crippen LogP contribution in [-0.2, 0) is 9.53 Å². The van der Waals surface area contributed by atoms with Crippen molar-refractivity contribution in [3.8, 4) is 5.75 Å². The Kier molecular flexibility index (Phi) is 3.30. The number of anilines is 1. The van der Waals surface area contributed by atoms with Crippen LogP contribution >= 0.6 is 0 Å². The van der Waals surface area contributed by atoms with E-state index in [1.54, 1.807) is 30.1 Å². The van der Waals surface area contributed by atoms with Gasteiger partial charge in [0, 0.05) is 25.7 Å². The van der Waals surface area contributed by atoms with Crippen molar-refractivity contribution in [1.82, 2.24) is 4.90 Å². The standard InChI is InChI=1S/C17H20N2O4/c1-18-13-10-12(2-3-14(13)22-11-15(18)20)16(21)19-7-4-17(5-8-19)6-9-23-17/h2-3,10H,4-9,11H2,1H3. The van der Waals surface area contributed by atoms with Crippen LogP contribution in [0.2, 0.25) is 0 Å². The van der Waals surface area contributed by atoms with Gasteiger partial charge in [0.2, 0.25) is 0 Å². The molecule has 1 spiro atoms. The number of likely N-dealkylation sites (tertiary alicyclic amines) is 1. The van der Waals surface area contributed by atoms with Gasteiger partial charge in [0.1, 0.15) is 5.75 Å². The third kappa shape index (κ3) is 2.37. The highest BCUT2D eigenvalue weighted by molar-refractivity contribution is 6.01. The molecule has 1 aromatic carbocycles. The maximum absolute atomic E-state index is 12.7. The van der Waals surface area contributed by atoms with E-state index in [9.17, 15) is 9.59 Å². The van der Waals surface area contributed by atoms with Crippen molar-refractivity contribution in [1.29, 1.82) is 0 Å². The average molecular weight is 316 g/mol. The molecule has 0 unspecified atom stereocenters. The van der Waals surface area contributed by atoms with Crippen molar-refractivity contribution < 1.29 is 19.1 Å². The summed E-state index contributed by atoms with van der Waals surface area (Å²) in [6.45, 7) is 2.34. The number of nitrogens with zero attached hydrogens (tertiary/aromatic N) is 2. The molecule has 0 aromatic heterocycles. The van der Waals surface area contributed by atoms with E-state index in [0.29, 0.717) is 17.0 Å². The fourth-order valence-electron chi connectivity index (χ4n) is 3.49. The van der Waals surface area contributed by atoms with Crippen LogP contribution in [0.1, 0.15) is 29.6 Å². The van der Waals surface area contributed by atoms with Crippen LogP contribution in [0.4, 0.5) is 5.69 Å². The first-order chi connectivity index (χ1) is 11.1. The number of fused-ring (bicyclic) bond motifs is 1. The normalized spacial score (nSPS) is 22.4. The number of carbonyl (C=O) groups excluding carboxylic acids is 2. The number of benzene rings is 1. The van der Waals surface area contributed by atoms with Crippen LogP contribution in [0, 0.1) is 0 Å². The van der Waals surface area contributed by atoms with Crippen LogP contribution in [0.15, 0.2) is 18.2 Å². The van der Waals surface area contributed by atoms with Gasteiger partial charge in [0.05, 0.1) is 17.9 Å². The lowest BCUT2D eigenvalue weighted by molar-refractivity contribution is -0.169. The second kappa shape index (κ2) is 5.23. The molecule has 0 atom stereocenters. The van der Waals surface area contributed by atoms with Crippen LogP contribution in [0.25, 0.3) is 0 Å². The predicted octanol–water partition coefficient (Wildman–Crippen LogP) is 1.44. The van der Waals surface area contributed by atoms with Crippen LogP contribution in [0.3, 0.4) is 0 Å². The summed E-state index contributed by atoms with van der Waals surface area (Å²) in [5, 5.41) is 0. The zero-order valence-corrected chi connectivity index (χ0v) is 13.2. The fourth-order valence-corrected chi connectivity index (χ4v) is 3.49. The molecule has 0 saturated carbocycles. The van der Waals surface area contributed by atoms with Gasteiger partial charge >= 0.3 is 0 Å². The highest BCUT2D eigenvalue weighted by Gasteiger charge is 2.42. The Morgan fingerprint density at radius 2 is 1.96 bits per heavy atom. The molecule has 0 N–H and O–H groups in total. The summed E-state index contributed by atoms with van der Waals surface area (Å²) < 4.78 is 11.1. The molecule has 3 heterocycles. The summed E-state index contributed by atoms with van der Waals surface area (Å²) in [5.41, 5.74) is 1.29. The molecule has 2 amide bonds. The first kappa shape index (κ1) is 14.5. The van der Waals surface area contributed by atoms with E-state index >= 15 is 0 Å². The predicted molar refractivity (Wildman–Crippen MR) is 83.8 cm³/mol. The van der Waals surface area contributed by atoms with Crippen molar-refractivity contribution in [2.75, 3.05) is 38.3 Å². The number of piperidine rings is 1. The van der Waals surface area contributed by atoms with Gasteiger partial charge in [-0.15, -0.1) is 0 Å². The first-order valence-corrected chi connectivity index (χ1v) is 8.05. The lowest BCUT2D eigenvalue weighted by Crippen LogP contribution is -2.53. The minimum absolute atomic E-state index is 0.00777. The van der Waals surface area contributed by atoms with Crippen molar-refractivity contribution >= 4 is 17.5 Å². The smallest absolute Gasteiger partial charge is 0.264 e. The van der Waals surface area contributed by atoms with Crippen molar-refractivity contribution in [2.24, 2.45) is 0 Å². The molecule has 0 bridgehead atoms. The van der Waals surface area contributed by atoms with Crippen LogP contribution in [-0.4, -0.2) is 55.7 Å². The largest absolute Gasteiger partial charge is 0.482 e. The third-order valence-electron chi connectivity index (χ3n) is 5.22. The van der Waals surface area contributed by atoms with E-state index in [0.717, 1.165) is 39.0 Å². The van der Waals surface area contributed by atoms with Gasteiger partial charge in [-0.05, 0) is 37.5 Å². The molecular formula is C17H20N2O4. The molecule has 122 valence electrons. The molecule has 2 saturated heterocycles. The van der Waals surface area contributed by atoms with Crippen LogP contribution in [0.5, 0.6) is 5.75 Å².